The molecule has 110 valence electrons. The largest absolute Gasteiger partial charge is 0.383 e. The third-order valence-corrected chi connectivity index (χ3v) is 5.97. The van der Waals surface area contributed by atoms with Crippen molar-refractivity contribution in [2.24, 2.45) is 0 Å². The molecular formula is C15H15IN2O2S. The van der Waals surface area contributed by atoms with E-state index in [-0.39, 0.29) is 0 Å². The van der Waals surface area contributed by atoms with Crippen molar-refractivity contribution in [3.05, 3.63) is 52.1 Å². The van der Waals surface area contributed by atoms with Gasteiger partial charge in [0.2, 0.25) is 0 Å². The molecule has 2 aromatic carbocycles. The molecule has 0 aliphatic carbocycles. The second-order valence-electron chi connectivity index (χ2n) is 4.83. The molecule has 0 amide bonds. The molecule has 0 saturated heterocycles. The summed E-state index contributed by atoms with van der Waals surface area (Å²) in [5.74, 6) is 0. The van der Waals surface area contributed by atoms with E-state index < -0.39 is 10.0 Å². The number of fused-ring (bicyclic) bond motifs is 1. The number of benzene rings is 2. The lowest BCUT2D eigenvalue weighted by molar-refractivity contribution is 0.590. The van der Waals surface area contributed by atoms with Crippen molar-refractivity contribution in [2.75, 3.05) is 22.7 Å². The van der Waals surface area contributed by atoms with Gasteiger partial charge in [-0.15, -0.1) is 0 Å². The summed E-state index contributed by atoms with van der Waals surface area (Å²) in [5.41, 5.74) is 1.58. The molecule has 0 radical (unpaired) electrons. The number of nitrogens with zero attached hydrogens (tertiary/aromatic N) is 1. The van der Waals surface area contributed by atoms with Gasteiger partial charge in [0, 0.05) is 16.7 Å². The van der Waals surface area contributed by atoms with E-state index >= 15 is 0 Å². The van der Waals surface area contributed by atoms with Crippen molar-refractivity contribution in [2.45, 2.75) is 11.3 Å². The molecule has 0 fully saturated rings. The predicted molar refractivity (Wildman–Crippen MR) is 93.2 cm³/mol. The molecule has 0 atom stereocenters. The maximum absolute atomic E-state index is 12.9. The summed E-state index contributed by atoms with van der Waals surface area (Å²) in [6.07, 6.45) is 0.776. The third kappa shape index (κ3) is 2.87. The molecular weight excluding hydrogens is 399 g/mol. The minimum atomic E-state index is -3.53. The van der Waals surface area contributed by atoms with Gasteiger partial charge in [-0.05, 0) is 65.4 Å². The highest BCUT2D eigenvalue weighted by Crippen LogP contribution is 2.32. The molecule has 0 bridgehead atoms. The van der Waals surface area contributed by atoms with Crippen molar-refractivity contribution in [1.29, 1.82) is 0 Å². The number of hydrogen-bond acceptors (Lipinski definition) is 3. The summed E-state index contributed by atoms with van der Waals surface area (Å²) in [6, 6.07) is 14.5. The zero-order chi connectivity index (χ0) is 14.9. The zero-order valence-electron chi connectivity index (χ0n) is 11.3. The van der Waals surface area contributed by atoms with Gasteiger partial charge in [0.1, 0.15) is 0 Å². The number of anilines is 2. The van der Waals surface area contributed by atoms with Crippen LogP contribution < -0.4 is 9.62 Å². The lowest BCUT2D eigenvalue weighted by Gasteiger charge is -2.24. The Morgan fingerprint density at radius 3 is 2.52 bits per heavy atom. The lowest BCUT2D eigenvalue weighted by Crippen LogP contribution is -2.31. The summed E-state index contributed by atoms with van der Waals surface area (Å²) in [4.78, 5) is 0.333. The fourth-order valence-corrected chi connectivity index (χ4v) is 4.27. The van der Waals surface area contributed by atoms with E-state index in [0.717, 1.165) is 22.2 Å². The first-order chi connectivity index (χ1) is 10.1. The van der Waals surface area contributed by atoms with Crippen LogP contribution >= 0.6 is 22.6 Å². The Balaban J connectivity index is 2.08. The first kappa shape index (κ1) is 14.6. The Hall–Kier alpha value is -1.28. The first-order valence-electron chi connectivity index (χ1n) is 6.70. The molecule has 0 aromatic heterocycles. The normalized spacial score (nSPS) is 15.0. The van der Waals surface area contributed by atoms with E-state index in [1.165, 1.54) is 4.31 Å². The van der Waals surface area contributed by atoms with Crippen LogP contribution in [0.25, 0.3) is 0 Å². The first-order valence-corrected chi connectivity index (χ1v) is 9.22. The maximum atomic E-state index is 12.9. The Labute approximate surface area is 138 Å². The molecule has 0 saturated carbocycles. The predicted octanol–water partition coefficient (Wildman–Crippen LogP) is 3.30. The minimum absolute atomic E-state index is 0.333. The molecule has 21 heavy (non-hydrogen) atoms. The highest BCUT2D eigenvalue weighted by molar-refractivity contribution is 14.1. The van der Waals surface area contributed by atoms with Crippen LogP contribution in [0, 0.1) is 3.57 Å². The summed E-state index contributed by atoms with van der Waals surface area (Å²) in [6.45, 7) is 1.26. The molecule has 3 rings (SSSR count). The number of sulfonamides is 1. The molecule has 6 heteroatoms. The maximum Gasteiger partial charge on any atom is 0.264 e. The topological polar surface area (TPSA) is 49.4 Å². The molecule has 1 aliphatic heterocycles. The van der Waals surface area contributed by atoms with E-state index in [2.05, 4.69) is 27.9 Å². The Morgan fingerprint density at radius 2 is 1.76 bits per heavy atom. The summed E-state index contributed by atoms with van der Waals surface area (Å²) in [5, 5.41) is 3.28. The van der Waals surface area contributed by atoms with Crippen LogP contribution in [0.3, 0.4) is 0 Å². The summed E-state index contributed by atoms with van der Waals surface area (Å²) < 4.78 is 28.3. The second kappa shape index (κ2) is 5.84. The molecule has 1 aliphatic rings. The Bertz CT molecular complexity index is 745. The lowest BCUT2D eigenvalue weighted by atomic mass is 10.2. The monoisotopic (exact) mass is 414 g/mol. The Kier molecular flexibility index (Phi) is 4.08. The quantitative estimate of drug-likeness (QED) is 0.768. The average molecular weight is 414 g/mol. The van der Waals surface area contributed by atoms with Crippen LogP contribution in [0.2, 0.25) is 0 Å². The average Bonchev–Trinajstić information content (AvgIpc) is 2.70. The number of halogens is 1. The van der Waals surface area contributed by atoms with Crippen molar-refractivity contribution in [3.8, 4) is 0 Å². The van der Waals surface area contributed by atoms with Gasteiger partial charge in [-0.1, -0.05) is 12.1 Å². The van der Waals surface area contributed by atoms with Crippen molar-refractivity contribution < 1.29 is 8.42 Å². The second-order valence-corrected chi connectivity index (χ2v) is 7.94. The van der Waals surface area contributed by atoms with Gasteiger partial charge in [0.15, 0.2) is 0 Å². The number of para-hydroxylation sites is 2. The van der Waals surface area contributed by atoms with E-state index in [1.807, 2.05) is 36.4 Å². The van der Waals surface area contributed by atoms with Gasteiger partial charge in [0.05, 0.1) is 16.3 Å². The Morgan fingerprint density at radius 1 is 1.05 bits per heavy atom. The smallest absolute Gasteiger partial charge is 0.264 e. The van der Waals surface area contributed by atoms with Crippen LogP contribution in [0.15, 0.2) is 53.4 Å². The fraction of sp³-hybridized carbons (Fsp3) is 0.200. The van der Waals surface area contributed by atoms with Crippen molar-refractivity contribution >= 4 is 44.0 Å². The number of hydrogen-bond donors (Lipinski definition) is 1. The third-order valence-electron chi connectivity index (χ3n) is 3.43. The van der Waals surface area contributed by atoms with Gasteiger partial charge in [-0.3, -0.25) is 4.31 Å². The van der Waals surface area contributed by atoms with Crippen LogP contribution in [0.4, 0.5) is 11.4 Å². The molecule has 0 spiro atoms. The molecule has 1 heterocycles. The van der Waals surface area contributed by atoms with Crippen LogP contribution in [0.5, 0.6) is 0 Å². The standard InChI is InChI=1S/C15H15IN2O2S/c16-12-6-8-13(9-7-12)21(19,20)18-11-3-10-17-14-4-1-2-5-15(14)18/h1-2,4-9,17H,3,10-11H2. The van der Waals surface area contributed by atoms with Crippen LogP contribution in [-0.2, 0) is 10.0 Å². The van der Waals surface area contributed by atoms with Gasteiger partial charge in [-0.2, -0.15) is 0 Å². The fourth-order valence-electron chi connectivity index (χ4n) is 2.39. The van der Waals surface area contributed by atoms with E-state index in [0.29, 0.717) is 17.1 Å². The van der Waals surface area contributed by atoms with Gasteiger partial charge in [0.25, 0.3) is 10.0 Å². The number of rotatable bonds is 2. The van der Waals surface area contributed by atoms with Gasteiger partial charge < -0.3 is 5.32 Å². The number of nitrogens with one attached hydrogen (secondary N) is 1. The zero-order valence-corrected chi connectivity index (χ0v) is 14.3. The molecule has 2 aromatic rings. The van der Waals surface area contributed by atoms with E-state index in [9.17, 15) is 8.42 Å². The molecule has 0 unspecified atom stereocenters. The van der Waals surface area contributed by atoms with E-state index in [4.69, 9.17) is 0 Å². The van der Waals surface area contributed by atoms with Crippen LogP contribution in [0.1, 0.15) is 6.42 Å². The van der Waals surface area contributed by atoms with Gasteiger partial charge >= 0.3 is 0 Å². The summed E-state index contributed by atoms with van der Waals surface area (Å²) >= 11 is 2.17. The van der Waals surface area contributed by atoms with Crippen molar-refractivity contribution in [3.63, 3.8) is 0 Å². The molecule has 4 nitrogen and oxygen atoms in total. The minimum Gasteiger partial charge on any atom is -0.383 e. The highest BCUT2D eigenvalue weighted by atomic mass is 127. The van der Waals surface area contributed by atoms with Gasteiger partial charge in [-0.25, -0.2) is 8.42 Å². The molecule has 1 N–H and O–H groups in total. The highest BCUT2D eigenvalue weighted by Gasteiger charge is 2.27. The summed E-state index contributed by atoms with van der Waals surface area (Å²) in [7, 11) is -3.53. The van der Waals surface area contributed by atoms with Crippen LogP contribution in [-0.4, -0.2) is 21.5 Å². The SMILES string of the molecule is O=S(=O)(c1ccc(I)cc1)N1CCCNc2ccccc21. The van der Waals surface area contributed by atoms with Crippen molar-refractivity contribution in [1.82, 2.24) is 0 Å². The van der Waals surface area contributed by atoms with E-state index in [1.54, 1.807) is 12.1 Å².